The number of carbonyl (C=O) groups excluding carboxylic acids is 1. The third kappa shape index (κ3) is 3.91. The predicted molar refractivity (Wildman–Crippen MR) is 98.2 cm³/mol. The number of nitrogens with one attached hydrogen (secondary N) is 1. The van der Waals surface area contributed by atoms with Crippen LogP contribution in [0.15, 0.2) is 38.6 Å². The van der Waals surface area contributed by atoms with Gasteiger partial charge in [0.25, 0.3) is 0 Å². The summed E-state index contributed by atoms with van der Waals surface area (Å²) in [6.45, 7) is 3.74. The topological polar surface area (TPSA) is 68.0 Å². The molecule has 1 N–H and O–H groups in total. The van der Waals surface area contributed by atoms with Crippen molar-refractivity contribution in [2.45, 2.75) is 26.7 Å². The van der Waals surface area contributed by atoms with Crippen molar-refractivity contribution in [3.8, 4) is 11.3 Å². The van der Waals surface area contributed by atoms with Crippen LogP contribution >= 0.6 is 27.3 Å². The Labute approximate surface area is 152 Å². The quantitative estimate of drug-likeness (QED) is 0.664. The summed E-state index contributed by atoms with van der Waals surface area (Å²) in [5.41, 5.74) is 3.70. The molecule has 0 saturated heterocycles. The fraction of sp³-hybridized carbons (Fsp3) is 0.235. The van der Waals surface area contributed by atoms with Crippen molar-refractivity contribution < 1.29 is 9.32 Å². The third-order valence-corrected chi connectivity index (χ3v) is 4.91. The van der Waals surface area contributed by atoms with Crippen LogP contribution < -0.4 is 5.32 Å². The van der Waals surface area contributed by atoms with E-state index in [1.807, 2.05) is 43.5 Å². The Hall–Kier alpha value is -1.99. The van der Waals surface area contributed by atoms with Gasteiger partial charge >= 0.3 is 0 Å². The number of halogens is 1. The normalized spacial score (nSPS) is 10.8. The van der Waals surface area contributed by atoms with Crippen molar-refractivity contribution in [1.29, 1.82) is 0 Å². The van der Waals surface area contributed by atoms with Gasteiger partial charge in [-0.3, -0.25) is 4.79 Å². The molecule has 124 valence electrons. The molecule has 3 rings (SSSR count). The summed E-state index contributed by atoms with van der Waals surface area (Å²) in [5, 5.41) is 9.30. The number of aryl methyl sites for hydroxylation is 2. The first-order chi connectivity index (χ1) is 11.5. The zero-order valence-corrected chi connectivity index (χ0v) is 15.7. The summed E-state index contributed by atoms with van der Waals surface area (Å²) < 4.78 is 6.11. The van der Waals surface area contributed by atoms with Gasteiger partial charge in [0.2, 0.25) is 5.91 Å². The van der Waals surface area contributed by atoms with E-state index in [-0.39, 0.29) is 5.91 Å². The number of nitrogens with zero attached hydrogens (tertiary/aromatic N) is 2. The predicted octanol–water partition coefficient (Wildman–Crippen LogP) is 4.75. The molecule has 2 aromatic heterocycles. The molecular weight excluding hydrogens is 390 g/mol. The van der Waals surface area contributed by atoms with E-state index >= 15 is 0 Å². The van der Waals surface area contributed by atoms with Crippen molar-refractivity contribution in [3.05, 3.63) is 51.1 Å². The molecule has 5 nitrogen and oxygen atoms in total. The molecule has 0 fully saturated rings. The smallest absolute Gasteiger partial charge is 0.226 e. The number of anilines is 1. The Kier molecular flexibility index (Phi) is 5.11. The van der Waals surface area contributed by atoms with Crippen LogP contribution in [-0.4, -0.2) is 16.0 Å². The minimum Gasteiger partial charge on any atom is -0.361 e. The van der Waals surface area contributed by atoms with Crippen LogP contribution in [0, 0.1) is 13.8 Å². The van der Waals surface area contributed by atoms with Crippen LogP contribution in [0.1, 0.15) is 23.4 Å². The Balaban J connectivity index is 1.61. The highest BCUT2D eigenvalue weighted by Gasteiger charge is 2.12. The lowest BCUT2D eigenvalue weighted by molar-refractivity contribution is -0.116. The van der Waals surface area contributed by atoms with Crippen LogP contribution in [0.5, 0.6) is 0 Å². The molecule has 1 aromatic carbocycles. The number of thiazole rings is 1. The van der Waals surface area contributed by atoms with E-state index in [2.05, 4.69) is 31.4 Å². The molecule has 0 spiro atoms. The van der Waals surface area contributed by atoms with Gasteiger partial charge in [0, 0.05) is 27.4 Å². The summed E-state index contributed by atoms with van der Waals surface area (Å²) in [5.74, 6) is 0.705. The number of carbonyl (C=O) groups is 1. The first kappa shape index (κ1) is 16.9. The van der Waals surface area contributed by atoms with Crippen molar-refractivity contribution in [2.24, 2.45) is 0 Å². The molecule has 3 aromatic rings. The second-order valence-corrected chi connectivity index (χ2v) is 7.17. The summed E-state index contributed by atoms with van der Waals surface area (Å²) in [6, 6.07) is 7.91. The second kappa shape index (κ2) is 7.27. The molecule has 0 saturated carbocycles. The first-order valence-electron chi connectivity index (χ1n) is 7.46. The van der Waals surface area contributed by atoms with Crippen LogP contribution in [0.3, 0.4) is 0 Å². The Bertz CT molecular complexity index is 853. The van der Waals surface area contributed by atoms with Crippen molar-refractivity contribution in [2.75, 3.05) is 5.32 Å². The zero-order valence-electron chi connectivity index (χ0n) is 13.3. The molecule has 0 unspecified atom stereocenters. The summed E-state index contributed by atoms with van der Waals surface area (Å²) in [4.78, 5) is 16.6. The minimum absolute atomic E-state index is 0.0647. The average Bonchev–Trinajstić information content (AvgIpc) is 3.13. The fourth-order valence-electron chi connectivity index (χ4n) is 2.39. The van der Waals surface area contributed by atoms with E-state index in [1.54, 1.807) is 0 Å². The maximum atomic E-state index is 12.1. The third-order valence-electron chi connectivity index (χ3n) is 3.65. The van der Waals surface area contributed by atoms with Crippen LogP contribution in [0.2, 0.25) is 0 Å². The number of hydrogen-bond donors (Lipinski definition) is 1. The van der Waals surface area contributed by atoms with Crippen molar-refractivity contribution in [1.82, 2.24) is 10.1 Å². The van der Waals surface area contributed by atoms with E-state index in [4.69, 9.17) is 4.52 Å². The SMILES string of the molecule is Cc1noc(C)c1CCC(=O)Nc1nc(-c2cccc(Br)c2)cs1. The van der Waals surface area contributed by atoms with E-state index in [9.17, 15) is 4.79 Å². The van der Waals surface area contributed by atoms with Gasteiger partial charge in [0.15, 0.2) is 5.13 Å². The van der Waals surface area contributed by atoms with E-state index < -0.39 is 0 Å². The highest BCUT2D eigenvalue weighted by atomic mass is 79.9. The van der Waals surface area contributed by atoms with E-state index in [0.29, 0.717) is 18.0 Å². The van der Waals surface area contributed by atoms with Gasteiger partial charge in [-0.15, -0.1) is 11.3 Å². The highest BCUT2D eigenvalue weighted by Crippen LogP contribution is 2.27. The van der Waals surface area contributed by atoms with Gasteiger partial charge < -0.3 is 9.84 Å². The van der Waals surface area contributed by atoms with Gasteiger partial charge in [0.1, 0.15) is 5.76 Å². The lowest BCUT2D eigenvalue weighted by Gasteiger charge is -2.02. The Morgan fingerprint density at radius 2 is 2.21 bits per heavy atom. The van der Waals surface area contributed by atoms with Crippen LogP contribution in [0.25, 0.3) is 11.3 Å². The van der Waals surface area contributed by atoms with Gasteiger partial charge in [-0.05, 0) is 32.4 Å². The zero-order chi connectivity index (χ0) is 17.1. The lowest BCUT2D eigenvalue weighted by atomic mass is 10.1. The second-order valence-electron chi connectivity index (χ2n) is 5.40. The van der Waals surface area contributed by atoms with E-state index in [0.717, 1.165) is 32.7 Å². The summed E-state index contributed by atoms with van der Waals surface area (Å²) in [6.07, 6.45) is 0.978. The molecule has 0 atom stereocenters. The monoisotopic (exact) mass is 405 g/mol. The number of amides is 1. The molecule has 0 radical (unpaired) electrons. The number of rotatable bonds is 5. The number of benzene rings is 1. The molecule has 2 heterocycles. The molecule has 0 aliphatic rings. The van der Waals surface area contributed by atoms with Gasteiger partial charge in [-0.25, -0.2) is 4.98 Å². The molecule has 0 aliphatic carbocycles. The standard InChI is InChI=1S/C17H16BrN3O2S/c1-10-14(11(2)23-21-10)6-7-16(22)20-17-19-15(9-24-17)12-4-3-5-13(18)8-12/h3-5,8-9H,6-7H2,1-2H3,(H,19,20,22). The molecular formula is C17H16BrN3O2S. The Morgan fingerprint density at radius 3 is 2.92 bits per heavy atom. The molecule has 7 heteroatoms. The maximum absolute atomic E-state index is 12.1. The molecule has 0 aliphatic heterocycles. The van der Waals surface area contributed by atoms with Gasteiger partial charge in [-0.1, -0.05) is 33.2 Å². The number of aromatic nitrogens is 2. The van der Waals surface area contributed by atoms with Gasteiger partial charge in [0.05, 0.1) is 11.4 Å². The lowest BCUT2D eigenvalue weighted by Crippen LogP contribution is -2.12. The maximum Gasteiger partial charge on any atom is 0.226 e. The Morgan fingerprint density at radius 1 is 1.38 bits per heavy atom. The molecule has 0 bridgehead atoms. The first-order valence-corrected chi connectivity index (χ1v) is 9.13. The largest absolute Gasteiger partial charge is 0.361 e. The fourth-order valence-corrected chi connectivity index (χ4v) is 3.53. The summed E-state index contributed by atoms with van der Waals surface area (Å²) >= 11 is 4.87. The van der Waals surface area contributed by atoms with Crippen molar-refractivity contribution >= 4 is 38.3 Å². The minimum atomic E-state index is -0.0647. The van der Waals surface area contributed by atoms with Crippen LogP contribution in [-0.2, 0) is 11.2 Å². The highest BCUT2D eigenvalue weighted by molar-refractivity contribution is 9.10. The van der Waals surface area contributed by atoms with Crippen LogP contribution in [0.4, 0.5) is 5.13 Å². The molecule has 24 heavy (non-hydrogen) atoms. The van der Waals surface area contributed by atoms with Crippen molar-refractivity contribution in [3.63, 3.8) is 0 Å². The van der Waals surface area contributed by atoms with Gasteiger partial charge in [-0.2, -0.15) is 0 Å². The molecule has 1 amide bonds. The van der Waals surface area contributed by atoms with E-state index in [1.165, 1.54) is 11.3 Å². The summed E-state index contributed by atoms with van der Waals surface area (Å²) in [7, 11) is 0. The average molecular weight is 406 g/mol. The number of hydrogen-bond acceptors (Lipinski definition) is 5.